The van der Waals surface area contributed by atoms with Crippen molar-refractivity contribution in [2.24, 2.45) is 17.8 Å². The first-order valence-corrected chi connectivity index (χ1v) is 7.80. The lowest BCUT2D eigenvalue weighted by Gasteiger charge is -2.46. The Balaban J connectivity index is 2.02. The van der Waals surface area contributed by atoms with Gasteiger partial charge in [0.05, 0.1) is 11.7 Å². The molecule has 0 saturated heterocycles. The second-order valence-electron chi connectivity index (χ2n) is 6.93. The van der Waals surface area contributed by atoms with Gasteiger partial charge in [-0.1, -0.05) is 26.7 Å². The van der Waals surface area contributed by atoms with Gasteiger partial charge in [-0.3, -0.25) is 0 Å². The fraction of sp³-hybridized carbons (Fsp3) is 1.00. The third-order valence-electron chi connectivity index (χ3n) is 5.49. The molecule has 2 rings (SSSR count). The van der Waals surface area contributed by atoms with E-state index in [0.717, 1.165) is 24.7 Å². The van der Waals surface area contributed by atoms with Crippen LogP contribution in [0.2, 0.25) is 0 Å². The zero-order valence-electron chi connectivity index (χ0n) is 12.3. The van der Waals surface area contributed by atoms with Gasteiger partial charge in [0.1, 0.15) is 0 Å². The summed E-state index contributed by atoms with van der Waals surface area (Å²) in [7, 11) is 1.80. The van der Waals surface area contributed by atoms with Crippen molar-refractivity contribution in [3.8, 4) is 0 Å². The topological polar surface area (TPSA) is 29.5 Å². The molecule has 2 aliphatic carbocycles. The average Bonchev–Trinajstić information content (AvgIpc) is 2.39. The van der Waals surface area contributed by atoms with Gasteiger partial charge in [-0.2, -0.15) is 0 Å². The molecule has 2 fully saturated rings. The Morgan fingerprint density at radius 1 is 1.06 bits per heavy atom. The van der Waals surface area contributed by atoms with E-state index in [1.54, 1.807) is 7.11 Å². The van der Waals surface area contributed by atoms with E-state index in [-0.39, 0.29) is 11.7 Å². The highest BCUT2D eigenvalue weighted by Crippen LogP contribution is 2.42. The first-order valence-electron chi connectivity index (χ1n) is 7.80. The molecule has 0 amide bonds. The number of aliphatic hydroxyl groups is 1. The van der Waals surface area contributed by atoms with E-state index < -0.39 is 0 Å². The second-order valence-corrected chi connectivity index (χ2v) is 6.93. The molecule has 2 aliphatic rings. The van der Waals surface area contributed by atoms with Crippen LogP contribution in [0.3, 0.4) is 0 Å². The van der Waals surface area contributed by atoms with Crippen LogP contribution in [-0.4, -0.2) is 23.9 Å². The molecule has 3 unspecified atom stereocenters. The van der Waals surface area contributed by atoms with E-state index in [1.807, 2.05) is 0 Å². The molecule has 2 saturated carbocycles. The quantitative estimate of drug-likeness (QED) is 0.830. The lowest BCUT2D eigenvalue weighted by molar-refractivity contribution is -0.152. The zero-order valence-corrected chi connectivity index (χ0v) is 12.3. The molecule has 0 radical (unpaired) electrons. The summed E-state index contributed by atoms with van der Waals surface area (Å²) in [4.78, 5) is 0. The van der Waals surface area contributed by atoms with Crippen LogP contribution >= 0.6 is 0 Å². The number of rotatable bonds is 3. The van der Waals surface area contributed by atoms with Crippen molar-refractivity contribution in [1.29, 1.82) is 0 Å². The maximum Gasteiger partial charge on any atom is 0.0939 e. The van der Waals surface area contributed by atoms with Gasteiger partial charge in [-0.25, -0.2) is 0 Å². The molecule has 0 aliphatic heterocycles. The molecule has 1 N–H and O–H groups in total. The van der Waals surface area contributed by atoms with E-state index >= 15 is 0 Å². The Labute approximate surface area is 112 Å². The van der Waals surface area contributed by atoms with Crippen molar-refractivity contribution in [1.82, 2.24) is 0 Å². The molecular formula is C16H30O2. The Kier molecular flexibility index (Phi) is 4.71. The molecule has 18 heavy (non-hydrogen) atoms. The summed E-state index contributed by atoms with van der Waals surface area (Å²) in [6.45, 7) is 4.63. The van der Waals surface area contributed by atoms with Crippen LogP contribution in [0.15, 0.2) is 0 Å². The maximum absolute atomic E-state index is 10.8. The van der Waals surface area contributed by atoms with Gasteiger partial charge >= 0.3 is 0 Å². The van der Waals surface area contributed by atoms with Crippen LogP contribution in [0.25, 0.3) is 0 Å². The van der Waals surface area contributed by atoms with Gasteiger partial charge in [-0.05, 0) is 56.3 Å². The summed E-state index contributed by atoms with van der Waals surface area (Å²) < 4.78 is 5.83. The summed E-state index contributed by atoms with van der Waals surface area (Å²) in [5, 5.41) is 10.8. The lowest BCUT2D eigenvalue weighted by atomic mass is 9.69. The Bertz CT molecular complexity index is 256. The smallest absolute Gasteiger partial charge is 0.0939 e. The highest BCUT2D eigenvalue weighted by molar-refractivity contribution is 4.96. The number of hydrogen-bond donors (Lipinski definition) is 1. The molecule has 0 bridgehead atoms. The van der Waals surface area contributed by atoms with Crippen LogP contribution in [0.5, 0.6) is 0 Å². The highest BCUT2D eigenvalue weighted by Gasteiger charge is 2.44. The van der Waals surface area contributed by atoms with Gasteiger partial charge in [-0.15, -0.1) is 0 Å². The van der Waals surface area contributed by atoms with E-state index in [9.17, 15) is 5.11 Å². The Morgan fingerprint density at radius 3 is 2.28 bits per heavy atom. The predicted octanol–water partition coefficient (Wildman–Crippen LogP) is 3.77. The summed E-state index contributed by atoms with van der Waals surface area (Å²) in [6, 6.07) is 0. The van der Waals surface area contributed by atoms with E-state index in [1.165, 1.54) is 38.5 Å². The van der Waals surface area contributed by atoms with Crippen molar-refractivity contribution in [2.45, 2.75) is 76.9 Å². The SMILES string of the molecule is COC1(C(O)C2CCCC(C)C2)CCC(C)CC1. The minimum absolute atomic E-state index is 0.242. The first kappa shape index (κ1) is 14.3. The van der Waals surface area contributed by atoms with Crippen LogP contribution < -0.4 is 0 Å². The molecule has 3 atom stereocenters. The number of hydrogen-bond acceptors (Lipinski definition) is 2. The van der Waals surface area contributed by atoms with Gasteiger partial charge in [0.2, 0.25) is 0 Å². The van der Waals surface area contributed by atoms with Crippen molar-refractivity contribution < 1.29 is 9.84 Å². The summed E-state index contributed by atoms with van der Waals surface area (Å²) in [6.07, 6.45) is 9.21. The highest BCUT2D eigenvalue weighted by atomic mass is 16.5. The number of methoxy groups -OCH3 is 1. The van der Waals surface area contributed by atoms with E-state index in [4.69, 9.17) is 4.74 Å². The average molecular weight is 254 g/mol. The fourth-order valence-corrected chi connectivity index (χ4v) is 4.07. The Hall–Kier alpha value is -0.0800. The Morgan fingerprint density at radius 2 is 1.72 bits per heavy atom. The molecule has 0 heterocycles. The lowest BCUT2D eigenvalue weighted by Crippen LogP contribution is -2.51. The standard InChI is InChI=1S/C16H30O2/c1-12-7-9-16(18-3,10-8-12)15(17)14-6-4-5-13(2)11-14/h12-15,17H,4-11H2,1-3H3. The molecule has 0 aromatic carbocycles. The van der Waals surface area contributed by atoms with E-state index in [2.05, 4.69) is 13.8 Å². The second kappa shape index (κ2) is 5.92. The monoisotopic (exact) mass is 254 g/mol. The number of aliphatic hydroxyl groups excluding tert-OH is 1. The van der Waals surface area contributed by atoms with Crippen molar-refractivity contribution in [2.75, 3.05) is 7.11 Å². The summed E-state index contributed by atoms with van der Waals surface area (Å²) >= 11 is 0. The molecule has 2 nitrogen and oxygen atoms in total. The molecule has 106 valence electrons. The molecule has 2 heteroatoms. The minimum Gasteiger partial charge on any atom is -0.390 e. The van der Waals surface area contributed by atoms with Crippen LogP contribution in [0.1, 0.15) is 65.2 Å². The zero-order chi connectivity index (χ0) is 13.2. The first-order chi connectivity index (χ1) is 8.57. The third-order valence-corrected chi connectivity index (χ3v) is 5.49. The van der Waals surface area contributed by atoms with Gasteiger partial charge in [0.15, 0.2) is 0 Å². The molecule has 0 spiro atoms. The van der Waals surface area contributed by atoms with Crippen LogP contribution in [0, 0.1) is 17.8 Å². The largest absolute Gasteiger partial charge is 0.390 e. The predicted molar refractivity (Wildman–Crippen MR) is 74.5 cm³/mol. The van der Waals surface area contributed by atoms with E-state index in [0.29, 0.717) is 5.92 Å². The van der Waals surface area contributed by atoms with Crippen LogP contribution in [-0.2, 0) is 4.74 Å². The molecule has 0 aromatic heterocycles. The fourth-order valence-electron chi connectivity index (χ4n) is 4.07. The molecular weight excluding hydrogens is 224 g/mol. The minimum atomic E-state index is -0.252. The maximum atomic E-state index is 10.8. The third kappa shape index (κ3) is 2.91. The van der Waals surface area contributed by atoms with Crippen molar-refractivity contribution in [3.05, 3.63) is 0 Å². The summed E-state index contributed by atoms with van der Waals surface area (Å²) in [5.74, 6) is 2.03. The van der Waals surface area contributed by atoms with Gasteiger partial charge < -0.3 is 9.84 Å². The van der Waals surface area contributed by atoms with Crippen molar-refractivity contribution in [3.63, 3.8) is 0 Å². The van der Waals surface area contributed by atoms with Gasteiger partial charge in [0.25, 0.3) is 0 Å². The summed E-state index contributed by atoms with van der Waals surface area (Å²) in [5.41, 5.74) is -0.242. The van der Waals surface area contributed by atoms with Crippen LogP contribution in [0.4, 0.5) is 0 Å². The van der Waals surface area contributed by atoms with Crippen molar-refractivity contribution >= 4 is 0 Å². The normalized spacial score (nSPS) is 43.7. The van der Waals surface area contributed by atoms with Gasteiger partial charge in [0, 0.05) is 7.11 Å². The number of ether oxygens (including phenoxy) is 1. The molecule has 0 aromatic rings.